The van der Waals surface area contributed by atoms with E-state index >= 15 is 0 Å². The molecule has 1 saturated carbocycles. The third kappa shape index (κ3) is 4.24. The van der Waals surface area contributed by atoms with Crippen molar-refractivity contribution >= 4 is 5.97 Å². The summed E-state index contributed by atoms with van der Waals surface area (Å²) < 4.78 is 37.4. The van der Waals surface area contributed by atoms with Crippen molar-refractivity contribution in [1.29, 1.82) is 0 Å². The number of alkyl halides is 3. The molecule has 0 aromatic heterocycles. The monoisotopic (exact) mass is 273 g/mol. The Bertz CT molecular complexity index is 469. The molecule has 0 unspecified atom stereocenters. The highest BCUT2D eigenvalue weighted by Gasteiger charge is 2.37. The Balaban J connectivity index is 2.08. The first-order valence-corrected chi connectivity index (χ1v) is 5.98. The number of carboxylic acids is 1. The van der Waals surface area contributed by atoms with Crippen LogP contribution in [0.1, 0.15) is 28.8 Å². The molecule has 0 amide bonds. The van der Waals surface area contributed by atoms with Crippen LogP contribution < -0.4 is 0 Å². The van der Waals surface area contributed by atoms with Gasteiger partial charge in [0, 0.05) is 12.6 Å². The van der Waals surface area contributed by atoms with Gasteiger partial charge >= 0.3 is 12.1 Å². The minimum atomic E-state index is -4.23. The topological polar surface area (TPSA) is 40.5 Å². The summed E-state index contributed by atoms with van der Waals surface area (Å²) in [6.45, 7) is -0.819. The zero-order valence-electron chi connectivity index (χ0n) is 10.2. The largest absolute Gasteiger partial charge is 0.478 e. The second-order valence-corrected chi connectivity index (χ2v) is 4.76. The van der Waals surface area contributed by atoms with E-state index in [9.17, 15) is 18.0 Å². The molecule has 3 nitrogen and oxygen atoms in total. The van der Waals surface area contributed by atoms with Crippen LogP contribution in [0.3, 0.4) is 0 Å². The molecule has 2 rings (SSSR count). The first kappa shape index (κ1) is 13.9. The summed E-state index contributed by atoms with van der Waals surface area (Å²) in [4.78, 5) is 12.2. The summed E-state index contributed by atoms with van der Waals surface area (Å²) in [6.07, 6.45) is -2.68. The van der Waals surface area contributed by atoms with Crippen LogP contribution in [-0.2, 0) is 6.54 Å². The molecular formula is C13H14F3NO2. The Morgan fingerprint density at radius 1 is 1.37 bits per heavy atom. The molecule has 1 aromatic rings. The summed E-state index contributed by atoms with van der Waals surface area (Å²) in [5.41, 5.74) is 0.691. The van der Waals surface area contributed by atoms with E-state index < -0.39 is 18.7 Å². The molecule has 0 spiro atoms. The van der Waals surface area contributed by atoms with Gasteiger partial charge < -0.3 is 5.11 Å². The SMILES string of the molecule is O=C(O)c1cccc(CN(CC(F)(F)F)C2CC2)c1. The lowest BCUT2D eigenvalue weighted by Crippen LogP contribution is -2.35. The van der Waals surface area contributed by atoms with E-state index in [0.29, 0.717) is 5.56 Å². The Morgan fingerprint density at radius 3 is 2.58 bits per heavy atom. The molecule has 1 fully saturated rings. The third-order valence-corrected chi connectivity index (χ3v) is 3.01. The van der Waals surface area contributed by atoms with Crippen LogP contribution in [0.4, 0.5) is 13.2 Å². The van der Waals surface area contributed by atoms with Gasteiger partial charge in [-0.15, -0.1) is 0 Å². The van der Waals surface area contributed by atoms with Gasteiger partial charge in [0.15, 0.2) is 0 Å². The van der Waals surface area contributed by atoms with Gasteiger partial charge in [0.1, 0.15) is 0 Å². The van der Waals surface area contributed by atoms with Crippen molar-refractivity contribution in [3.8, 4) is 0 Å². The molecule has 1 aliphatic carbocycles. The van der Waals surface area contributed by atoms with Crippen LogP contribution in [0.2, 0.25) is 0 Å². The number of carboxylic acid groups (broad SMARTS) is 1. The normalized spacial score (nSPS) is 15.8. The quantitative estimate of drug-likeness (QED) is 0.896. The van der Waals surface area contributed by atoms with E-state index in [0.717, 1.165) is 12.8 Å². The summed E-state index contributed by atoms with van der Waals surface area (Å²) in [7, 11) is 0. The molecule has 1 aromatic carbocycles. The van der Waals surface area contributed by atoms with E-state index in [1.165, 1.54) is 17.0 Å². The standard InChI is InChI=1S/C13H14F3NO2/c14-13(15,16)8-17(11-4-5-11)7-9-2-1-3-10(6-9)12(18)19/h1-3,6,11H,4-5,7-8H2,(H,18,19). The van der Waals surface area contributed by atoms with Gasteiger partial charge in [0.05, 0.1) is 12.1 Å². The maximum absolute atomic E-state index is 12.5. The molecule has 0 aliphatic heterocycles. The molecule has 0 saturated heterocycles. The van der Waals surface area contributed by atoms with Gasteiger partial charge in [0.25, 0.3) is 0 Å². The Hall–Kier alpha value is -1.56. The zero-order valence-corrected chi connectivity index (χ0v) is 10.2. The molecule has 1 N–H and O–H groups in total. The smallest absolute Gasteiger partial charge is 0.401 e. The van der Waals surface area contributed by atoms with Gasteiger partial charge in [-0.1, -0.05) is 12.1 Å². The average Bonchev–Trinajstić information content (AvgIpc) is 3.10. The number of hydrogen-bond donors (Lipinski definition) is 1. The highest BCUT2D eigenvalue weighted by Crippen LogP contribution is 2.31. The second-order valence-electron chi connectivity index (χ2n) is 4.76. The van der Waals surface area contributed by atoms with Crippen molar-refractivity contribution in [2.75, 3.05) is 6.54 Å². The summed E-state index contributed by atoms with van der Waals surface area (Å²) in [5, 5.41) is 8.86. The van der Waals surface area contributed by atoms with E-state index in [1.807, 2.05) is 0 Å². The maximum Gasteiger partial charge on any atom is 0.401 e. The first-order chi connectivity index (χ1) is 8.85. The highest BCUT2D eigenvalue weighted by molar-refractivity contribution is 5.87. The lowest BCUT2D eigenvalue weighted by Gasteiger charge is -2.23. The van der Waals surface area contributed by atoms with Gasteiger partial charge in [-0.25, -0.2) is 4.79 Å². The average molecular weight is 273 g/mol. The van der Waals surface area contributed by atoms with Crippen LogP contribution >= 0.6 is 0 Å². The summed E-state index contributed by atoms with van der Waals surface area (Å²) in [5.74, 6) is -1.07. The van der Waals surface area contributed by atoms with Crippen LogP contribution in [0.25, 0.3) is 0 Å². The van der Waals surface area contributed by atoms with E-state index in [4.69, 9.17) is 5.11 Å². The predicted octanol–water partition coefficient (Wildman–Crippen LogP) is 2.91. The fourth-order valence-electron chi connectivity index (χ4n) is 2.02. The third-order valence-electron chi connectivity index (χ3n) is 3.01. The van der Waals surface area contributed by atoms with Gasteiger partial charge in [-0.2, -0.15) is 13.2 Å². The number of nitrogens with zero attached hydrogens (tertiary/aromatic N) is 1. The van der Waals surface area contributed by atoms with Gasteiger partial charge in [0.2, 0.25) is 0 Å². The molecule has 1 aliphatic rings. The molecule has 0 bridgehead atoms. The zero-order chi connectivity index (χ0) is 14.0. The molecule has 0 atom stereocenters. The molecule has 0 radical (unpaired) electrons. The Labute approximate surface area is 108 Å². The first-order valence-electron chi connectivity index (χ1n) is 5.98. The maximum atomic E-state index is 12.5. The number of benzene rings is 1. The predicted molar refractivity (Wildman–Crippen MR) is 62.9 cm³/mol. The number of carbonyl (C=O) groups is 1. The van der Waals surface area contributed by atoms with Gasteiger partial charge in [-0.3, -0.25) is 4.90 Å². The van der Waals surface area contributed by atoms with Crippen molar-refractivity contribution in [3.05, 3.63) is 35.4 Å². The van der Waals surface area contributed by atoms with Crippen molar-refractivity contribution < 1.29 is 23.1 Å². The summed E-state index contributed by atoms with van der Waals surface area (Å²) >= 11 is 0. The Morgan fingerprint density at radius 2 is 2.05 bits per heavy atom. The number of rotatable bonds is 5. The van der Waals surface area contributed by atoms with Crippen molar-refractivity contribution in [1.82, 2.24) is 4.90 Å². The van der Waals surface area contributed by atoms with Crippen LogP contribution in [0.15, 0.2) is 24.3 Å². The second kappa shape index (κ2) is 5.21. The highest BCUT2D eigenvalue weighted by atomic mass is 19.4. The number of halogens is 3. The van der Waals surface area contributed by atoms with Crippen molar-refractivity contribution in [2.45, 2.75) is 31.6 Å². The molecular weight excluding hydrogens is 259 g/mol. The lowest BCUT2D eigenvalue weighted by atomic mass is 10.1. The van der Waals surface area contributed by atoms with Crippen LogP contribution in [-0.4, -0.2) is 34.7 Å². The molecule has 0 heterocycles. The number of aromatic carboxylic acids is 1. The molecule has 104 valence electrons. The Kier molecular flexibility index (Phi) is 3.80. The molecule has 6 heteroatoms. The van der Waals surface area contributed by atoms with E-state index in [1.54, 1.807) is 12.1 Å². The fourth-order valence-corrected chi connectivity index (χ4v) is 2.02. The van der Waals surface area contributed by atoms with Gasteiger partial charge in [-0.05, 0) is 30.5 Å². The number of hydrogen-bond acceptors (Lipinski definition) is 2. The summed E-state index contributed by atoms with van der Waals surface area (Å²) in [6, 6.07) is 6.02. The van der Waals surface area contributed by atoms with Crippen LogP contribution in [0.5, 0.6) is 0 Å². The minimum absolute atomic E-state index is 0.0323. The van der Waals surface area contributed by atoms with E-state index in [-0.39, 0.29) is 18.2 Å². The van der Waals surface area contributed by atoms with Crippen molar-refractivity contribution in [2.24, 2.45) is 0 Å². The fraction of sp³-hybridized carbons (Fsp3) is 0.462. The lowest BCUT2D eigenvalue weighted by molar-refractivity contribution is -0.148. The molecule has 19 heavy (non-hydrogen) atoms. The minimum Gasteiger partial charge on any atom is -0.478 e. The van der Waals surface area contributed by atoms with Crippen LogP contribution in [0, 0.1) is 0 Å². The van der Waals surface area contributed by atoms with E-state index in [2.05, 4.69) is 0 Å². The van der Waals surface area contributed by atoms with Crippen molar-refractivity contribution in [3.63, 3.8) is 0 Å².